The molecule has 9 nitrogen and oxygen atoms in total. The van der Waals surface area contributed by atoms with Gasteiger partial charge in [-0.05, 0) is 66.2 Å². The van der Waals surface area contributed by atoms with Crippen LogP contribution in [0.3, 0.4) is 0 Å². The van der Waals surface area contributed by atoms with Crippen LogP contribution >= 0.6 is 0 Å². The quantitative estimate of drug-likeness (QED) is 0.358. The Morgan fingerprint density at radius 1 is 0.921 bits per heavy atom. The van der Waals surface area contributed by atoms with Gasteiger partial charge in [0.1, 0.15) is 17.1 Å². The van der Waals surface area contributed by atoms with E-state index in [1.165, 1.54) is 12.1 Å². The first kappa shape index (κ1) is 33.9. The van der Waals surface area contributed by atoms with Crippen molar-refractivity contribution in [3.8, 4) is 0 Å². The van der Waals surface area contributed by atoms with Crippen molar-refractivity contribution in [1.82, 2.24) is 0 Å². The predicted molar refractivity (Wildman–Crippen MR) is 147 cm³/mol. The number of hydrogen-bond donors (Lipinski definition) is 2. The number of hydrogen-bond acceptors (Lipinski definition) is 7. The Morgan fingerprint density at radius 3 is 1.89 bits per heavy atom. The SMILES string of the molecule is Cc1ccc(NC(=O)CC(OC(C)(C)C(C)(C)C(=O)C(C)OC(C)(C)C)C(=O)C(C)(C)C)c(S(=O)(=O)O)c1. The van der Waals surface area contributed by atoms with Crippen molar-refractivity contribution in [3.63, 3.8) is 0 Å². The summed E-state index contributed by atoms with van der Waals surface area (Å²) in [6.45, 7) is 20.8. The molecule has 38 heavy (non-hydrogen) atoms. The molecule has 0 aliphatic carbocycles. The first-order valence-corrected chi connectivity index (χ1v) is 14.1. The molecular weight excluding hydrogens is 510 g/mol. The molecule has 0 fully saturated rings. The van der Waals surface area contributed by atoms with Gasteiger partial charge in [0.2, 0.25) is 5.91 Å². The Labute approximate surface area is 227 Å². The highest BCUT2D eigenvalue weighted by Crippen LogP contribution is 2.39. The Bertz CT molecular complexity index is 1150. The van der Waals surface area contributed by atoms with Gasteiger partial charge in [0.15, 0.2) is 11.6 Å². The van der Waals surface area contributed by atoms with E-state index in [1.807, 2.05) is 20.8 Å². The maximum atomic E-state index is 13.4. The number of carbonyl (C=O) groups excluding carboxylic acids is 3. The maximum absolute atomic E-state index is 13.4. The van der Waals surface area contributed by atoms with Crippen molar-refractivity contribution in [2.75, 3.05) is 5.32 Å². The van der Waals surface area contributed by atoms with E-state index in [0.717, 1.165) is 0 Å². The lowest BCUT2D eigenvalue weighted by Crippen LogP contribution is -2.54. The van der Waals surface area contributed by atoms with E-state index >= 15 is 0 Å². The minimum absolute atomic E-state index is 0.118. The van der Waals surface area contributed by atoms with Crippen LogP contribution in [0, 0.1) is 17.8 Å². The van der Waals surface area contributed by atoms with Crippen LogP contribution in [0.25, 0.3) is 0 Å². The van der Waals surface area contributed by atoms with Crippen LogP contribution in [0.2, 0.25) is 0 Å². The smallest absolute Gasteiger partial charge is 0.296 e. The molecule has 0 aliphatic rings. The van der Waals surface area contributed by atoms with E-state index in [-0.39, 0.29) is 17.3 Å². The molecule has 2 atom stereocenters. The molecular formula is C28H45NO8S. The third-order valence-electron chi connectivity index (χ3n) is 6.55. The molecule has 216 valence electrons. The Morgan fingerprint density at radius 2 is 1.45 bits per heavy atom. The zero-order valence-corrected chi connectivity index (χ0v) is 25.6. The average molecular weight is 556 g/mol. The summed E-state index contributed by atoms with van der Waals surface area (Å²) in [6, 6.07) is 4.17. The highest BCUT2D eigenvalue weighted by atomic mass is 32.2. The van der Waals surface area contributed by atoms with E-state index in [1.54, 1.807) is 68.4 Å². The van der Waals surface area contributed by atoms with Crippen molar-refractivity contribution in [3.05, 3.63) is 23.8 Å². The van der Waals surface area contributed by atoms with Crippen LogP contribution < -0.4 is 5.32 Å². The normalized spacial score (nSPS) is 15.1. The molecule has 0 heterocycles. The van der Waals surface area contributed by atoms with Gasteiger partial charge in [0.25, 0.3) is 10.1 Å². The second kappa shape index (κ2) is 11.5. The number of nitrogens with one attached hydrogen (secondary N) is 1. The molecule has 0 spiro atoms. The van der Waals surface area contributed by atoms with Gasteiger partial charge in [-0.1, -0.05) is 40.7 Å². The molecule has 1 amide bonds. The Balaban J connectivity index is 3.32. The van der Waals surface area contributed by atoms with Gasteiger partial charge in [-0.2, -0.15) is 8.42 Å². The average Bonchev–Trinajstić information content (AvgIpc) is 2.70. The van der Waals surface area contributed by atoms with Gasteiger partial charge in [-0.25, -0.2) is 0 Å². The lowest BCUT2D eigenvalue weighted by molar-refractivity contribution is -0.181. The van der Waals surface area contributed by atoms with Crippen LogP contribution in [0.15, 0.2) is 23.1 Å². The lowest BCUT2D eigenvalue weighted by Gasteiger charge is -2.44. The largest absolute Gasteiger partial charge is 0.365 e. The van der Waals surface area contributed by atoms with Crippen molar-refractivity contribution in [2.24, 2.45) is 10.8 Å². The molecule has 0 aliphatic heterocycles. The first-order chi connectivity index (χ1) is 16.8. The van der Waals surface area contributed by atoms with Crippen LogP contribution in [0.5, 0.6) is 0 Å². The second-order valence-corrected chi connectivity index (χ2v) is 14.2. The number of carbonyl (C=O) groups is 3. The standard InChI is InChI=1S/C28H45NO8S/c1-17-13-14-19(21(15-17)38(33,34)35)29-22(30)16-20(24(32)25(3,4)5)37-28(11,12)27(9,10)23(31)18(2)36-26(6,7)8/h13-15,18,20H,16H2,1-12H3,(H,29,30)(H,33,34,35). The number of amides is 1. The lowest BCUT2D eigenvalue weighted by atomic mass is 9.71. The van der Waals surface area contributed by atoms with Gasteiger partial charge in [-0.3, -0.25) is 18.9 Å². The van der Waals surface area contributed by atoms with E-state index in [0.29, 0.717) is 5.56 Å². The third kappa shape index (κ3) is 8.97. The Kier molecular flexibility index (Phi) is 10.3. The van der Waals surface area contributed by atoms with Crippen LogP contribution in [-0.4, -0.2) is 53.9 Å². The molecule has 0 saturated carbocycles. The van der Waals surface area contributed by atoms with Gasteiger partial charge in [0, 0.05) is 5.41 Å². The zero-order chi connectivity index (χ0) is 30.1. The fourth-order valence-electron chi connectivity index (χ4n) is 3.88. The monoisotopic (exact) mass is 555 g/mol. The minimum atomic E-state index is -4.61. The minimum Gasteiger partial charge on any atom is -0.365 e. The van der Waals surface area contributed by atoms with Gasteiger partial charge >= 0.3 is 0 Å². The van der Waals surface area contributed by atoms with E-state index < -0.39 is 61.6 Å². The predicted octanol–water partition coefficient (Wildman–Crippen LogP) is 5.15. The summed E-state index contributed by atoms with van der Waals surface area (Å²) in [5.74, 6) is -1.27. The fraction of sp³-hybridized carbons (Fsp3) is 0.679. The summed E-state index contributed by atoms with van der Waals surface area (Å²) < 4.78 is 45.4. The first-order valence-electron chi connectivity index (χ1n) is 12.6. The van der Waals surface area contributed by atoms with Gasteiger partial charge < -0.3 is 14.8 Å². The molecule has 0 radical (unpaired) electrons. The fourth-order valence-corrected chi connectivity index (χ4v) is 4.61. The summed E-state index contributed by atoms with van der Waals surface area (Å²) >= 11 is 0. The molecule has 2 unspecified atom stereocenters. The topological polar surface area (TPSA) is 136 Å². The summed E-state index contributed by atoms with van der Waals surface area (Å²) in [4.78, 5) is 39.4. The number of ketones is 2. The van der Waals surface area contributed by atoms with E-state index in [2.05, 4.69) is 5.32 Å². The molecule has 10 heteroatoms. The van der Waals surface area contributed by atoms with E-state index in [4.69, 9.17) is 9.47 Å². The van der Waals surface area contributed by atoms with Gasteiger partial charge in [0.05, 0.1) is 28.7 Å². The van der Waals surface area contributed by atoms with Crippen molar-refractivity contribution in [1.29, 1.82) is 0 Å². The van der Waals surface area contributed by atoms with Crippen LogP contribution in [0.1, 0.15) is 88.1 Å². The number of benzene rings is 1. The molecule has 1 rings (SSSR count). The summed E-state index contributed by atoms with van der Waals surface area (Å²) in [7, 11) is -4.61. The van der Waals surface area contributed by atoms with E-state index in [9.17, 15) is 27.4 Å². The molecule has 0 aromatic heterocycles. The molecule has 1 aromatic rings. The summed E-state index contributed by atoms with van der Waals surface area (Å²) in [5.41, 5.74) is -3.28. The number of aryl methyl sites for hydroxylation is 1. The molecule has 0 saturated heterocycles. The highest BCUT2D eigenvalue weighted by molar-refractivity contribution is 7.86. The molecule has 0 bridgehead atoms. The summed E-state index contributed by atoms with van der Waals surface area (Å²) in [5, 5.41) is 2.48. The van der Waals surface area contributed by atoms with Crippen molar-refractivity contribution in [2.45, 2.75) is 118 Å². The van der Waals surface area contributed by atoms with Crippen LogP contribution in [-0.2, 0) is 34.0 Å². The second-order valence-electron chi connectivity index (χ2n) is 12.8. The maximum Gasteiger partial charge on any atom is 0.296 e. The number of Topliss-reactive ketones (excluding diaryl/α,β-unsaturated/α-hetero) is 2. The van der Waals surface area contributed by atoms with Gasteiger partial charge in [-0.15, -0.1) is 0 Å². The van der Waals surface area contributed by atoms with Crippen LogP contribution in [0.4, 0.5) is 5.69 Å². The number of anilines is 1. The number of rotatable bonds is 11. The third-order valence-corrected chi connectivity index (χ3v) is 7.44. The van der Waals surface area contributed by atoms with Crippen molar-refractivity contribution >= 4 is 33.3 Å². The molecule has 2 N–H and O–H groups in total. The Hall–Kier alpha value is -2.14. The molecule has 1 aromatic carbocycles. The summed E-state index contributed by atoms with van der Waals surface area (Å²) in [6.07, 6.45) is -2.42. The number of ether oxygens (including phenoxy) is 2. The zero-order valence-electron chi connectivity index (χ0n) is 24.8. The van der Waals surface area contributed by atoms with Crippen molar-refractivity contribution < 1.29 is 36.8 Å². The highest BCUT2D eigenvalue weighted by Gasteiger charge is 2.49.